The number of hydrogen-bond acceptors (Lipinski definition) is 4. The summed E-state index contributed by atoms with van der Waals surface area (Å²) in [5.41, 5.74) is 2.25. The van der Waals surface area contributed by atoms with Gasteiger partial charge in [-0.3, -0.25) is 9.69 Å². The van der Waals surface area contributed by atoms with Crippen molar-refractivity contribution in [3.05, 3.63) is 35.4 Å². The van der Waals surface area contributed by atoms with E-state index in [2.05, 4.69) is 53.1 Å². The third-order valence-corrected chi connectivity index (χ3v) is 6.35. The Morgan fingerprint density at radius 2 is 1.85 bits per heavy atom. The number of carbonyl (C=O) groups excluding carboxylic acids is 1. The van der Waals surface area contributed by atoms with Crippen LogP contribution in [0.4, 0.5) is 0 Å². The molecule has 1 aromatic carbocycles. The zero-order valence-corrected chi connectivity index (χ0v) is 17.3. The van der Waals surface area contributed by atoms with E-state index in [0.717, 1.165) is 38.5 Å². The van der Waals surface area contributed by atoms with Crippen molar-refractivity contribution < 1.29 is 13.2 Å². The van der Waals surface area contributed by atoms with Gasteiger partial charge in [0.15, 0.2) is 0 Å². The van der Waals surface area contributed by atoms with Crippen molar-refractivity contribution in [2.45, 2.75) is 63.6 Å². The SMILES string of the molecule is CC(C)c1ccc(CN2CC(NS(C)(=O)=O)C(=O)NC3(CCCC3)C2)cc1. The molecule has 1 saturated carbocycles. The van der Waals surface area contributed by atoms with Gasteiger partial charge < -0.3 is 5.32 Å². The molecule has 1 aromatic rings. The summed E-state index contributed by atoms with van der Waals surface area (Å²) in [5, 5.41) is 3.16. The first-order chi connectivity index (χ1) is 12.7. The van der Waals surface area contributed by atoms with E-state index >= 15 is 0 Å². The second kappa shape index (κ2) is 7.89. The summed E-state index contributed by atoms with van der Waals surface area (Å²) < 4.78 is 26.0. The van der Waals surface area contributed by atoms with Gasteiger partial charge in [0.1, 0.15) is 6.04 Å². The third-order valence-electron chi connectivity index (χ3n) is 5.64. The zero-order valence-electron chi connectivity index (χ0n) is 16.5. The van der Waals surface area contributed by atoms with Gasteiger partial charge in [-0.05, 0) is 29.9 Å². The summed E-state index contributed by atoms with van der Waals surface area (Å²) in [7, 11) is -3.46. The first-order valence-corrected chi connectivity index (χ1v) is 11.7. The van der Waals surface area contributed by atoms with Crippen molar-refractivity contribution in [3.63, 3.8) is 0 Å². The molecular weight excluding hydrogens is 362 g/mol. The fraction of sp³-hybridized carbons (Fsp3) is 0.650. The lowest BCUT2D eigenvalue weighted by Crippen LogP contribution is -2.54. The first-order valence-electron chi connectivity index (χ1n) is 9.76. The van der Waals surface area contributed by atoms with Crippen LogP contribution in [0.25, 0.3) is 0 Å². The second-order valence-electron chi connectivity index (χ2n) is 8.49. The minimum atomic E-state index is -3.46. The van der Waals surface area contributed by atoms with Crippen molar-refractivity contribution in [3.8, 4) is 0 Å². The van der Waals surface area contributed by atoms with Crippen LogP contribution in [0, 0.1) is 0 Å². The molecule has 1 atom stereocenters. The lowest BCUT2D eigenvalue weighted by Gasteiger charge is -2.33. The Morgan fingerprint density at radius 3 is 2.41 bits per heavy atom. The van der Waals surface area contributed by atoms with Crippen LogP contribution in [0.15, 0.2) is 24.3 Å². The fourth-order valence-electron chi connectivity index (χ4n) is 4.29. The monoisotopic (exact) mass is 393 g/mol. The standard InChI is InChI=1S/C20H31N3O3S/c1-15(2)17-8-6-16(7-9-17)12-23-13-18(22-27(3,25)26)19(24)21-20(14-23)10-4-5-11-20/h6-9,15,18,22H,4-5,10-14H2,1-3H3,(H,21,24). The highest BCUT2D eigenvalue weighted by Crippen LogP contribution is 2.32. The predicted octanol–water partition coefficient (Wildman–Crippen LogP) is 1.97. The minimum Gasteiger partial charge on any atom is -0.348 e. The van der Waals surface area contributed by atoms with Crippen LogP contribution in [0.3, 0.4) is 0 Å². The van der Waals surface area contributed by atoms with Gasteiger partial charge in [0.25, 0.3) is 0 Å². The van der Waals surface area contributed by atoms with Gasteiger partial charge in [0, 0.05) is 19.6 Å². The molecule has 6 nitrogen and oxygen atoms in total. The lowest BCUT2D eigenvalue weighted by atomic mass is 9.96. The van der Waals surface area contributed by atoms with Gasteiger partial charge in [-0.1, -0.05) is 51.0 Å². The fourth-order valence-corrected chi connectivity index (χ4v) is 4.99. The van der Waals surface area contributed by atoms with E-state index in [1.807, 2.05) is 0 Å². The van der Waals surface area contributed by atoms with Crippen LogP contribution in [-0.2, 0) is 21.4 Å². The average molecular weight is 394 g/mol. The number of hydrogen-bond donors (Lipinski definition) is 2. The van der Waals surface area contributed by atoms with Gasteiger partial charge in [-0.25, -0.2) is 13.1 Å². The van der Waals surface area contributed by atoms with E-state index in [1.54, 1.807) is 0 Å². The van der Waals surface area contributed by atoms with E-state index in [0.29, 0.717) is 19.0 Å². The smallest absolute Gasteiger partial charge is 0.239 e. The van der Waals surface area contributed by atoms with Crippen LogP contribution in [0.2, 0.25) is 0 Å². The molecule has 0 bridgehead atoms. The van der Waals surface area contributed by atoms with Crippen LogP contribution in [-0.4, -0.2) is 50.2 Å². The molecule has 27 heavy (non-hydrogen) atoms. The largest absolute Gasteiger partial charge is 0.348 e. The summed E-state index contributed by atoms with van der Waals surface area (Å²) in [6.07, 6.45) is 5.20. The van der Waals surface area contributed by atoms with E-state index < -0.39 is 16.1 Å². The van der Waals surface area contributed by atoms with Crippen molar-refractivity contribution >= 4 is 15.9 Å². The Hall–Kier alpha value is -1.44. The van der Waals surface area contributed by atoms with Crippen molar-refractivity contribution in [2.75, 3.05) is 19.3 Å². The van der Waals surface area contributed by atoms with Crippen LogP contribution in [0.1, 0.15) is 56.6 Å². The maximum Gasteiger partial charge on any atom is 0.239 e. The topological polar surface area (TPSA) is 78.5 Å². The molecule has 150 valence electrons. The van der Waals surface area contributed by atoms with E-state index in [1.165, 1.54) is 11.1 Å². The third kappa shape index (κ3) is 5.30. The molecule has 3 rings (SSSR count). The maximum atomic E-state index is 12.7. The van der Waals surface area contributed by atoms with Gasteiger partial charge in [-0.15, -0.1) is 0 Å². The Kier molecular flexibility index (Phi) is 5.93. The van der Waals surface area contributed by atoms with Crippen LogP contribution < -0.4 is 10.0 Å². The van der Waals surface area contributed by atoms with Crippen LogP contribution >= 0.6 is 0 Å². The average Bonchev–Trinajstić information content (AvgIpc) is 2.96. The van der Waals surface area contributed by atoms with Crippen LogP contribution in [0.5, 0.6) is 0 Å². The molecule has 1 spiro atoms. The van der Waals surface area contributed by atoms with Crippen molar-refractivity contribution in [1.29, 1.82) is 0 Å². The summed E-state index contributed by atoms with van der Waals surface area (Å²) >= 11 is 0. The molecule has 1 unspecified atom stereocenters. The quantitative estimate of drug-likeness (QED) is 0.802. The highest BCUT2D eigenvalue weighted by atomic mass is 32.2. The summed E-state index contributed by atoms with van der Waals surface area (Å²) in [5.74, 6) is 0.282. The molecule has 2 aliphatic rings. The molecule has 1 aliphatic heterocycles. The molecule has 1 aliphatic carbocycles. The van der Waals surface area contributed by atoms with Gasteiger partial charge >= 0.3 is 0 Å². The Morgan fingerprint density at radius 1 is 1.22 bits per heavy atom. The second-order valence-corrected chi connectivity index (χ2v) is 10.3. The van der Waals surface area contributed by atoms with E-state index in [9.17, 15) is 13.2 Å². The molecule has 0 radical (unpaired) electrons. The van der Waals surface area contributed by atoms with E-state index in [4.69, 9.17) is 0 Å². The molecule has 0 aromatic heterocycles. The number of amides is 1. The molecule has 7 heteroatoms. The highest BCUT2D eigenvalue weighted by molar-refractivity contribution is 7.88. The lowest BCUT2D eigenvalue weighted by molar-refractivity contribution is -0.123. The number of nitrogens with zero attached hydrogens (tertiary/aromatic N) is 1. The molecular formula is C20H31N3O3S. The Balaban J connectivity index is 1.80. The molecule has 2 N–H and O–H groups in total. The number of nitrogens with one attached hydrogen (secondary N) is 2. The Bertz CT molecular complexity index is 768. The number of carbonyl (C=O) groups is 1. The Labute approximate surface area is 162 Å². The van der Waals surface area contributed by atoms with Gasteiger partial charge in [0.2, 0.25) is 15.9 Å². The summed E-state index contributed by atoms with van der Waals surface area (Å²) in [4.78, 5) is 14.9. The van der Waals surface area contributed by atoms with Crippen molar-refractivity contribution in [2.24, 2.45) is 0 Å². The van der Waals surface area contributed by atoms with Gasteiger partial charge in [-0.2, -0.15) is 0 Å². The number of rotatable bonds is 5. The molecule has 1 saturated heterocycles. The molecule has 1 heterocycles. The normalized spacial score (nSPS) is 23.6. The summed E-state index contributed by atoms with van der Waals surface area (Å²) in [6.45, 7) is 6.19. The van der Waals surface area contributed by atoms with Crippen molar-refractivity contribution in [1.82, 2.24) is 14.9 Å². The van der Waals surface area contributed by atoms with E-state index in [-0.39, 0.29) is 11.4 Å². The minimum absolute atomic E-state index is 0.208. The number of sulfonamides is 1. The number of benzene rings is 1. The predicted molar refractivity (Wildman–Crippen MR) is 107 cm³/mol. The highest BCUT2D eigenvalue weighted by Gasteiger charge is 2.42. The molecule has 1 amide bonds. The first kappa shape index (κ1) is 20.3. The maximum absolute atomic E-state index is 12.7. The zero-order chi connectivity index (χ0) is 19.7. The summed E-state index contributed by atoms with van der Waals surface area (Å²) in [6, 6.07) is 7.82. The van der Waals surface area contributed by atoms with Gasteiger partial charge in [0.05, 0.1) is 11.8 Å². The molecule has 2 fully saturated rings.